The van der Waals surface area contributed by atoms with Gasteiger partial charge in [-0.15, -0.1) is 11.3 Å². The molecule has 5 heteroatoms. The molecule has 18 heavy (non-hydrogen) atoms. The van der Waals surface area contributed by atoms with E-state index in [9.17, 15) is 4.79 Å². The van der Waals surface area contributed by atoms with E-state index in [2.05, 4.69) is 5.32 Å². The zero-order valence-corrected chi connectivity index (χ0v) is 11.7. The van der Waals surface area contributed by atoms with Crippen LogP contribution in [0.4, 0.5) is 0 Å². The van der Waals surface area contributed by atoms with E-state index in [0.717, 1.165) is 29.9 Å². The number of ether oxygens (including phenoxy) is 2. The Kier molecular flexibility index (Phi) is 4.60. The Labute approximate surface area is 111 Å². The first-order chi connectivity index (χ1) is 8.77. The average molecular weight is 269 g/mol. The molecular formula is C13H19NO3S. The van der Waals surface area contributed by atoms with Gasteiger partial charge in [0, 0.05) is 30.7 Å². The number of nitrogens with one attached hydrogen (secondary N) is 1. The summed E-state index contributed by atoms with van der Waals surface area (Å²) in [6.07, 6.45) is 4.11. The van der Waals surface area contributed by atoms with E-state index in [0.29, 0.717) is 13.2 Å². The molecule has 0 radical (unpaired) electrons. The number of hydrogen-bond acceptors (Lipinski definition) is 4. The lowest BCUT2D eigenvalue weighted by atomic mass is 10.2. The fourth-order valence-electron chi connectivity index (χ4n) is 2.24. The number of fused-ring (bicyclic) bond motifs is 1. The number of carbonyl (C=O) groups is 1. The summed E-state index contributed by atoms with van der Waals surface area (Å²) < 4.78 is 10.4. The van der Waals surface area contributed by atoms with Crippen molar-refractivity contribution in [1.82, 2.24) is 5.32 Å². The van der Waals surface area contributed by atoms with Crippen molar-refractivity contribution in [3.63, 3.8) is 0 Å². The van der Waals surface area contributed by atoms with Gasteiger partial charge in [-0.1, -0.05) is 0 Å². The van der Waals surface area contributed by atoms with Gasteiger partial charge < -0.3 is 14.8 Å². The molecule has 0 fully saturated rings. The van der Waals surface area contributed by atoms with Crippen molar-refractivity contribution in [1.29, 1.82) is 0 Å². The van der Waals surface area contributed by atoms with Crippen molar-refractivity contribution >= 4 is 17.2 Å². The molecule has 0 unspecified atom stereocenters. The quantitative estimate of drug-likeness (QED) is 0.804. The number of amides is 1. The predicted octanol–water partition coefficient (Wildman–Crippen LogP) is 2.01. The zero-order valence-electron chi connectivity index (χ0n) is 10.9. The summed E-state index contributed by atoms with van der Waals surface area (Å²) in [7, 11) is 3.30. The molecule has 1 heterocycles. The van der Waals surface area contributed by atoms with Crippen LogP contribution in [0.25, 0.3) is 0 Å². The number of rotatable bonds is 6. The topological polar surface area (TPSA) is 47.6 Å². The molecular weight excluding hydrogens is 250 g/mol. The first-order valence-corrected chi connectivity index (χ1v) is 7.05. The lowest BCUT2D eigenvalue weighted by Gasteiger charge is -2.06. The minimum Gasteiger partial charge on any atom is -0.495 e. The third kappa shape index (κ3) is 2.67. The summed E-state index contributed by atoms with van der Waals surface area (Å²) in [5, 5.41) is 2.91. The van der Waals surface area contributed by atoms with Gasteiger partial charge in [0.2, 0.25) is 0 Å². The fourth-order valence-corrected chi connectivity index (χ4v) is 3.51. The predicted molar refractivity (Wildman–Crippen MR) is 71.7 cm³/mol. The molecule has 0 spiro atoms. The third-order valence-corrected chi connectivity index (χ3v) is 4.37. The molecule has 0 saturated heterocycles. The van der Waals surface area contributed by atoms with Gasteiger partial charge in [-0.05, 0) is 25.7 Å². The van der Waals surface area contributed by atoms with Gasteiger partial charge in [-0.2, -0.15) is 0 Å². The second kappa shape index (κ2) is 6.20. The Morgan fingerprint density at radius 1 is 1.39 bits per heavy atom. The number of thiophene rings is 1. The molecule has 1 aromatic heterocycles. The highest BCUT2D eigenvalue weighted by atomic mass is 32.1. The SMILES string of the molecule is COCCCNC(=O)c1sc2c(c1OC)CCC2. The summed E-state index contributed by atoms with van der Waals surface area (Å²) in [6.45, 7) is 1.30. The highest BCUT2D eigenvalue weighted by Gasteiger charge is 2.26. The minimum atomic E-state index is -0.0256. The van der Waals surface area contributed by atoms with Crippen LogP contribution in [-0.2, 0) is 17.6 Å². The molecule has 0 aliphatic heterocycles. The van der Waals surface area contributed by atoms with E-state index in [1.54, 1.807) is 25.6 Å². The van der Waals surface area contributed by atoms with Crippen molar-refractivity contribution in [3.05, 3.63) is 15.3 Å². The summed E-state index contributed by atoms with van der Waals surface area (Å²) in [4.78, 5) is 14.1. The van der Waals surface area contributed by atoms with Gasteiger partial charge in [0.25, 0.3) is 5.91 Å². The number of carbonyl (C=O) groups excluding carboxylic acids is 1. The van der Waals surface area contributed by atoms with E-state index < -0.39 is 0 Å². The first kappa shape index (κ1) is 13.4. The van der Waals surface area contributed by atoms with Crippen molar-refractivity contribution in [2.24, 2.45) is 0 Å². The summed E-state index contributed by atoms with van der Waals surface area (Å²) >= 11 is 1.58. The zero-order chi connectivity index (χ0) is 13.0. The van der Waals surface area contributed by atoms with E-state index in [1.807, 2.05) is 0 Å². The van der Waals surface area contributed by atoms with E-state index in [-0.39, 0.29) is 5.91 Å². The lowest BCUT2D eigenvalue weighted by Crippen LogP contribution is -2.24. The standard InChI is InChI=1S/C13H19NO3S/c1-16-8-4-7-14-13(15)12-11(17-2)9-5-3-6-10(9)18-12/h3-8H2,1-2H3,(H,14,15). The maximum absolute atomic E-state index is 12.1. The molecule has 0 atom stereocenters. The van der Waals surface area contributed by atoms with Crippen LogP contribution in [0.1, 0.15) is 33.0 Å². The second-order valence-electron chi connectivity index (χ2n) is 4.32. The van der Waals surface area contributed by atoms with Crippen LogP contribution in [0.15, 0.2) is 0 Å². The summed E-state index contributed by atoms with van der Waals surface area (Å²) in [5.74, 6) is 0.763. The van der Waals surface area contributed by atoms with Crippen LogP contribution in [-0.4, -0.2) is 33.3 Å². The van der Waals surface area contributed by atoms with Crippen molar-refractivity contribution in [2.45, 2.75) is 25.7 Å². The molecule has 4 nitrogen and oxygen atoms in total. The van der Waals surface area contributed by atoms with Gasteiger partial charge in [-0.3, -0.25) is 4.79 Å². The summed E-state index contributed by atoms with van der Waals surface area (Å²) in [6, 6.07) is 0. The molecule has 1 aliphatic carbocycles. The molecule has 100 valence electrons. The van der Waals surface area contributed by atoms with E-state index in [4.69, 9.17) is 9.47 Å². The van der Waals surface area contributed by atoms with Crippen molar-refractivity contribution in [2.75, 3.05) is 27.4 Å². The number of aryl methyl sites for hydroxylation is 1. The lowest BCUT2D eigenvalue weighted by molar-refractivity contribution is 0.0950. The van der Waals surface area contributed by atoms with Crippen LogP contribution in [0.2, 0.25) is 0 Å². The maximum atomic E-state index is 12.1. The van der Waals surface area contributed by atoms with Crippen LogP contribution < -0.4 is 10.1 Å². The van der Waals surface area contributed by atoms with Crippen molar-refractivity contribution < 1.29 is 14.3 Å². The Morgan fingerprint density at radius 3 is 2.94 bits per heavy atom. The van der Waals surface area contributed by atoms with Crippen LogP contribution >= 0.6 is 11.3 Å². The molecule has 2 rings (SSSR count). The van der Waals surface area contributed by atoms with Crippen molar-refractivity contribution in [3.8, 4) is 5.75 Å². The van der Waals surface area contributed by atoms with Gasteiger partial charge >= 0.3 is 0 Å². The molecule has 1 aromatic rings. The summed E-state index contributed by atoms with van der Waals surface area (Å²) in [5.41, 5.74) is 1.24. The number of hydrogen-bond donors (Lipinski definition) is 1. The largest absolute Gasteiger partial charge is 0.495 e. The third-order valence-electron chi connectivity index (χ3n) is 3.09. The highest BCUT2D eigenvalue weighted by molar-refractivity contribution is 7.14. The maximum Gasteiger partial charge on any atom is 0.265 e. The molecule has 1 N–H and O–H groups in total. The Hall–Kier alpha value is -1.07. The molecule has 0 bridgehead atoms. The van der Waals surface area contributed by atoms with Crippen LogP contribution in [0.5, 0.6) is 5.75 Å². The molecule has 0 aromatic carbocycles. The van der Waals surface area contributed by atoms with Gasteiger partial charge in [-0.25, -0.2) is 0 Å². The van der Waals surface area contributed by atoms with Crippen LogP contribution in [0.3, 0.4) is 0 Å². The van der Waals surface area contributed by atoms with Crippen LogP contribution in [0, 0.1) is 0 Å². The smallest absolute Gasteiger partial charge is 0.265 e. The Balaban J connectivity index is 2.02. The molecule has 1 aliphatic rings. The average Bonchev–Trinajstić information content (AvgIpc) is 2.93. The fraction of sp³-hybridized carbons (Fsp3) is 0.615. The Bertz CT molecular complexity index is 428. The minimum absolute atomic E-state index is 0.0256. The highest BCUT2D eigenvalue weighted by Crippen LogP contribution is 2.40. The first-order valence-electron chi connectivity index (χ1n) is 6.23. The Morgan fingerprint density at radius 2 is 2.22 bits per heavy atom. The molecule has 0 saturated carbocycles. The second-order valence-corrected chi connectivity index (χ2v) is 5.43. The van der Waals surface area contributed by atoms with Gasteiger partial charge in [0.05, 0.1) is 7.11 Å². The molecule has 1 amide bonds. The van der Waals surface area contributed by atoms with E-state index in [1.165, 1.54) is 16.9 Å². The van der Waals surface area contributed by atoms with Gasteiger partial charge in [0.1, 0.15) is 10.6 Å². The normalized spacial score (nSPS) is 13.4. The van der Waals surface area contributed by atoms with E-state index >= 15 is 0 Å². The van der Waals surface area contributed by atoms with Gasteiger partial charge in [0.15, 0.2) is 0 Å². The monoisotopic (exact) mass is 269 g/mol. The number of methoxy groups -OCH3 is 2.